The van der Waals surface area contributed by atoms with E-state index in [1.807, 2.05) is 0 Å². The van der Waals surface area contributed by atoms with Gasteiger partial charge in [0.25, 0.3) is 0 Å². The third kappa shape index (κ3) is 3.14. The third-order valence-electron chi connectivity index (χ3n) is 7.09. The monoisotopic (exact) mass is 466 g/mol. The van der Waals surface area contributed by atoms with Gasteiger partial charge in [-0.1, -0.05) is 74.5 Å². The van der Waals surface area contributed by atoms with Gasteiger partial charge in [0.2, 0.25) is 0 Å². The van der Waals surface area contributed by atoms with Gasteiger partial charge >= 0.3 is 0 Å². The van der Waals surface area contributed by atoms with Gasteiger partial charge in [-0.3, -0.25) is 4.40 Å². The van der Waals surface area contributed by atoms with Crippen molar-refractivity contribution >= 4 is 38.2 Å². The Kier molecular flexibility index (Phi) is 4.68. The van der Waals surface area contributed by atoms with Crippen LogP contribution in [0, 0.1) is 5.92 Å². The Morgan fingerprint density at radius 3 is 1.86 bits per heavy atom. The Balaban J connectivity index is 1.39. The standard InChI is InChI=1S/C32H26N4/c1-21(2)19-23-20-35-31(33-34-32(35)28-12-4-3-9-25(23)28)22-15-17-24(18-16-22)36-29-13-7-5-10-26(29)27-11-6-8-14-30(27)36/h3-18,20-21H,19H2,1-2H3. The summed E-state index contributed by atoms with van der Waals surface area (Å²) in [7, 11) is 0. The molecule has 0 aliphatic rings. The minimum atomic E-state index is 0.566. The smallest absolute Gasteiger partial charge is 0.168 e. The summed E-state index contributed by atoms with van der Waals surface area (Å²) in [6.07, 6.45) is 3.24. The van der Waals surface area contributed by atoms with Gasteiger partial charge < -0.3 is 4.57 Å². The zero-order valence-electron chi connectivity index (χ0n) is 20.4. The number of rotatable bonds is 4. The van der Waals surface area contributed by atoms with Crippen molar-refractivity contribution in [1.29, 1.82) is 0 Å². The molecule has 0 radical (unpaired) electrons. The second-order valence-corrected chi connectivity index (χ2v) is 9.93. The first-order valence-electron chi connectivity index (χ1n) is 12.5. The minimum Gasteiger partial charge on any atom is -0.309 e. The third-order valence-corrected chi connectivity index (χ3v) is 7.09. The van der Waals surface area contributed by atoms with E-state index in [9.17, 15) is 0 Å². The Morgan fingerprint density at radius 1 is 0.639 bits per heavy atom. The molecule has 0 aliphatic heterocycles. The SMILES string of the molecule is CC(C)Cc1cn2c(-c3ccc(-n4c5ccccc5c5ccccc54)cc3)nnc2c2ccccc12. The lowest BCUT2D eigenvalue weighted by Crippen LogP contribution is -2.00. The van der Waals surface area contributed by atoms with Crippen LogP contribution in [-0.4, -0.2) is 19.2 Å². The van der Waals surface area contributed by atoms with Crippen LogP contribution in [0.4, 0.5) is 0 Å². The topological polar surface area (TPSA) is 35.1 Å². The van der Waals surface area contributed by atoms with Gasteiger partial charge in [-0.15, -0.1) is 10.2 Å². The summed E-state index contributed by atoms with van der Waals surface area (Å²) in [4.78, 5) is 0. The zero-order chi connectivity index (χ0) is 24.2. The fourth-order valence-electron chi connectivity index (χ4n) is 5.54. The summed E-state index contributed by atoms with van der Waals surface area (Å²) in [5.74, 6) is 1.44. The van der Waals surface area contributed by atoms with Crippen LogP contribution in [0.2, 0.25) is 0 Å². The van der Waals surface area contributed by atoms with Crippen molar-refractivity contribution in [2.75, 3.05) is 0 Å². The van der Waals surface area contributed by atoms with Crippen LogP contribution >= 0.6 is 0 Å². The van der Waals surface area contributed by atoms with E-state index in [2.05, 4.69) is 136 Å². The number of aromatic nitrogens is 4. The number of para-hydroxylation sites is 2. The number of benzene rings is 4. The summed E-state index contributed by atoms with van der Waals surface area (Å²) in [5, 5.41) is 14.2. The molecule has 0 fully saturated rings. The number of hydrogen-bond donors (Lipinski definition) is 0. The van der Waals surface area contributed by atoms with Crippen LogP contribution in [-0.2, 0) is 6.42 Å². The fourth-order valence-corrected chi connectivity index (χ4v) is 5.54. The lowest BCUT2D eigenvalue weighted by Gasteiger charge is -2.12. The summed E-state index contributed by atoms with van der Waals surface area (Å²) >= 11 is 0. The predicted molar refractivity (Wildman–Crippen MR) is 149 cm³/mol. The summed E-state index contributed by atoms with van der Waals surface area (Å²) < 4.78 is 4.50. The second-order valence-electron chi connectivity index (χ2n) is 9.93. The van der Waals surface area contributed by atoms with Crippen LogP contribution in [0.1, 0.15) is 19.4 Å². The lowest BCUT2D eigenvalue weighted by atomic mass is 9.99. The van der Waals surface area contributed by atoms with Crippen LogP contribution < -0.4 is 0 Å². The molecule has 0 saturated heterocycles. The van der Waals surface area contributed by atoms with Crippen LogP contribution in [0.25, 0.3) is 55.3 Å². The van der Waals surface area contributed by atoms with E-state index in [1.54, 1.807) is 0 Å². The molecule has 0 amide bonds. The zero-order valence-corrected chi connectivity index (χ0v) is 20.4. The Bertz CT molecular complexity index is 1830. The number of pyridine rings is 1. The maximum atomic E-state index is 4.63. The van der Waals surface area contributed by atoms with Crippen molar-refractivity contribution in [3.63, 3.8) is 0 Å². The minimum absolute atomic E-state index is 0.566. The van der Waals surface area contributed by atoms with Crippen molar-refractivity contribution in [3.8, 4) is 17.1 Å². The van der Waals surface area contributed by atoms with Gasteiger partial charge in [0.1, 0.15) is 0 Å². The summed E-state index contributed by atoms with van der Waals surface area (Å²) in [5.41, 5.74) is 6.85. The Morgan fingerprint density at radius 2 is 1.22 bits per heavy atom. The van der Waals surface area contributed by atoms with Gasteiger partial charge in [0.15, 0.2) is 11.5 Å². The van der Waals surface area contributed by atoms with Crippen LogP contribution in [0.3, 0.4) is 0 Å². The molecule has 0 bridgehead atoms. The highest BCUT2D eigenvalue weighted by atomic mass is 15.2. The van der Waals surface area contributed by atoms with Gasteiger partial charge in [-0.25, -0.2) is 0 Å². The highest BCUT2D eigenvalue weighted by Gasteiger charge is 2.16. The highest BCUT2D eigenvalue weighted by Crippen LogP contribution is 2.33. The van der Waals surface area contributed by atoms with E-state index in [1.165, 1.54) is 32.8 Å². The first kappa shape index (κ1) is 20.9. The van der Waals surface area contributed by atoms with Crippen molar-refractivity contribution in [2.45, 2.75) is 20.3 Å². The molecular formula is C32H26N4. The molecule has 3 aromatic heterocycles. The quantitative estimate of drug-likeness (QED) is 0.265. The predicted octanol–water partition coefficient (Wildman–Crippen LogP) is 7.85. The second kappa shape index (κ2) is 8.06. The van der Waals surface area contributed by atoms with Crippen molar-refractivity contribution in [1.82, 2.24) is 19.2 Å². The maximum absolute atomic E-state index is 4.63. The molecule has 7 aromatic rings. The molecule has 0 saturated carbocycles. The van der Waals surface area contributed by atoms with E-state index < -0.39 is 0 Å². The van der Waals surface area contributed by atoms with Crippen molar-refractivity contribution < 1.29 is 0 Å². The van der Waals surface area contributed by atoms with Crippen LogP contribution in [0.15, 0.2) is 103 Å². The molecule has 4 nitrogen and oxygen atoms in total. The first-order valence-corrected chi connectivity index (χ1v) is 12.5. The Hall–Kier alpha value is -4.44. The van der Waals surface area contributed by atoms with Crippen molar-refractivity contribution in [3.05, 3.63) is 109 Å². The van der Waals surface area contributed by atoms with Crippen LogP contribution in [0.5, 0.6) is 0 Å². The van der Waals surface area contributed by atoms with Crippen molar-refractivity contribution in [2.24, 2.45) is 5.92 Å². The number of hydrogen-bond acceptors (Lipinski definition) is 2. The molecule has 0 aliphatic carbocycles. The van der Waals surface area contributed by atoms with E-state index in [4.69, 9.17) is 0 Å². The molecule has 174 valence electrons. The van der Waals surface area contributed by atoms with E-state index in [0.717, 1.165) is 34.5 Å². The van der Waals surface area contributed by atoms with E-state index >= 15 is 0 Å². The first-order chi connectivity index (χ1) is 17.7. The fraction of sp³-hybridized carbons (Fsp3) is 0.125. The molecule has 4 aromatic carbocycles. The average molecular weight is 467 g/mol. The normalized spacial score (nSPS) is 12.0. The van der Waals surface area contributed by atoms with E-state index in [0.29, 0.717) is 5.92 Å². The maximum Gasteiger partial charge on any atom is 0.168 e. The molecule has 0 N–H and O–H groups in total. The molecule has 3 heterocycles. The number of fused-ring (bicyclic) bond motifs is 6. The molecule has 4 heteroatoms. The molecule has 36 heavy (non-hydrogen) atoms. The Labute approximate surface area is 209 Å². The highest BCUT2D eigenvalue weighted by molar-refractivity contribution is 6.09. The largest absolute Gasteiger partial charge is 0.309 e. The van der Waals surface area contributed by atoms with Gasteiger partial charge in [-0.05, 0) is 59.7 Å². The summed E-state index contributed by atoms with van der Waals surface area (Å²) in [6.45, 7) is 4.53. The average Bonchev–Trinajstić information content (AvgIpc) is 3.48. The number of nitrogens with zero attached hydrogens (tertiary/aromatic N) is 4. The lowest BCUT2D eigenvalue weighted by molar-refractivity contribution is 0.648. The molecular weight excluding hydrogens is 440 g/mol. The summed E-state index contributed by atoms with van der Waals surface area (Å²) in [6, 6.07) is 34.4. The molecule has 7 rings (SSSR count). The molecule has 0 spiro atoms. The van der Waals surface area contributed by atoms with E-state index in [-0.39, 0.29) is 0 Å². The van der Waals surface area contributed by atoms with Gasteiger partial charge in [0, 0.05) is 33.6 Å². The molecule has 0 unspecified atom stereocenters. The van der Waals surface area contributed by atoms with Gasteiger partial charge in [0.05, 0.1) is 11.0 Å². The molecule has 0 atom stereocenters. The van der Waals surface area contributed by atoms with Gasteiger partial charge in [-0.2, -0.15) is 0 Å².